The Morgan fingerprint density at radius 1 is 1.32 bits per heavy atom. The summed E-state index contributed by atoms with van der Waals surface area (Å²) in [6, 6.07) is 0. The fourth-order valence-corrected chi connectivity index (χ4v) is 4.01. The molecule has 9 heteroatoms. The molecule has 0 aliphatic carbocycles. The predicted octanol–water partition coefficient (Wildman–Crippen LogP) is 2.85. The second kappa shape index (κ2) is 7.90. The van der Waals surface area contributed by atoms with Crippen LogP contribution in [0.4, 0.5) is 17.5 Å². The first-order valence-electron chi connectivity index (χ1n) is 9.10. The van der Waals surface area contributed by atoms with E-state index in [1.165, 1.54) is 0 Å². The summed E-state index contributed by atoms with van der Waals surface area (Å²) in [7, 11) is 1.65. The number of ether oxygens (including phenoxy) is 1. The third-order valence-electron chi connectivity index (χ3n) is 4.68. The number of nitrogen functional groups attached to an aromatic ring is 1. The standard InChI is InChI=1S/C19H25BrN6O2/c1-10(2)7-26-14(27)9-25(18-15(26)17(20)23-19(21)24-18)8-13-12(4)16(28-5)11(3)6-22-13/h6,10H,7-9H2,1-5H3,(H2,21,23,24). The van der Waals surface area contributed by atoms with Crippen LogP contribution in [-0.2, 0) is 11.3 Å². The lowest BCUT2D eigenvalue weighted by Gasteiger charge is -2.37. The Morgan fingerprint density at radius 2 is 2.04 bits per heavy atom. The van der Waals surface area contributed by atoms with E-state index < -0.39 is 0 Å². The molecule has 1 aliphatic heterocycles. The summed E-state index contributed by atoms with van der Waals surface area (Å²) in [5, 5.41) is 0. The topological polar surface area (TPSA) is 97.5 Å². The van der Waals surface area contributed by atoms with E-state index >= 15 is 0 Å². The number of carbonyl (C=O) groups excluding carboxylic acids is 1. The largest absolute Gasteiger partial charge is 0.496 e. The molecule has 0 unspecified atom stereocenters. The van der Waals surface area contributed by atoms with Gasteiger partial charge in [0.05, 0.1) is 25.9 Å². The van der Waals surface area contributed by atoms with Gasteiger partial charge in [0.1, 0.15) is 16.0 Å². The van der Waals surface area contributed by atoms with Crippen LogP contribution in [-0.4, -0.2) is 41.1 Å². The molecule has 0 saturated heterocycles. The van der Waals surface area contributed by atoms with Crippen molar-refractivity contribution in [1.82, 2.24) is 15.0 Å². The first-order valence-corrected chi connectivity index (χ1v) is 9.89. The Balaban J connectivity index is 2.05. The lowest BCUT2D eigenvalue weighted by atomic mass is 10.1. The van der Waals surface area contributed by atoms with Crippen molar-refractivity contribution in [1.29, 1.82) is 0 Å². The molecule has 1 aliphatic rings. The normalized spacial score (nSPS) is 13.9. The average Bonchev–Trinajstić information content (AvgIpc) is 2.60. The summed E-state index contributed by atoms with van der Waals surface area (Å²) in [5.74, 6) is 1.88. The molecular formula is C19H25BrN6O2. The number of hydrogen-bond donors (Lipinski definition) is 1. The van der Waals surface area contributed by atoms with Crippen LogP contribution in [0.25, 0.3) is 0 Å². The minimum Gasteiger partial charge on any atom is -0.496 e. The van der Waals surface area contributed by atoms with Crippen LogP contribution in [0.1, 0.15) is 30.7 Å². The van der Waals surface area contributed by atoms with Gasteiger partial charge in [-0.25, -0.2) is 4.98 Å². The molecule has 0 radical (unpaired) electrons. The van der Waals surface area contributed by atoms with Gasteiger partial charge in [0.2, 0.25) is 11.9 Å². The average molecular weight is 449 g/mol. The van der Waals surface area contributed by atoms with Crippen molar-refractivity contribution in [2.45, 2.75) is 34.2 Å². The van der Waals surface area contributed by atoms with Gasteiger partial charge in [-0.3, -0.25) is 9.78 Å². The summed E-state index contributed by atoms with van der Waals surface area (Å²) in [4.78, 5) is 29.8. The van der Waals surface area contributed by atoms with Crippen molar-refractivity contribution in [2.75, 3.05) is 35.7 Å². The van der Waals surface area contributed by atoms with E-state index in [1.807, 2.05) is 18.7 Å². The number of aryl methyl sites for hydroxylation is 1. The number of nitrogens with two attached hydrogens (primary N) is 1. The number of pyridine rings is 1. The molecule has 2 N–H and O–H groups in total. The lowest BCUT2D eigenvalue weighted by molar-refractivity contribution is -0.117. The number of methoxy groups -OCH3 is 1. The molecule has 2 aromatic rings. The van der Waals surface area contributed by atoms with Crippen molar-refractivity contribution >= 4 is 39.3 Å². The van der Waals surface area contributed by atoms with Gasteiger partial charge in [0.25, 0.3) is 0 Å². The van der Waals surface area contributed by atoms with E-state index in [4.69, 9.17) is 10.5 Å². The quantitative estimate of drug-likeness (QED) is 0.701. The van der Waals surface area contributed by atoms with E-state index in [2.05, 4.69) is 44.7 Å². The summed E-state index contributed by atoms with van der Waals surface area (Å²) < 4.78 is 6.02. The second-order valence-electron chi connectivity index (χ2n) is 7.35. The SMILES string of the molecule is COc1c(C)cnc(CN2CC(=O)N(CC(C)C)c3c(Br)nc(N)nc32)c1C. The lowest BCUT2D eigenvalue weighted by Crippen LogP contribution is -2.47. The molecular weight excluding hydrogens is 424 g/mol. The van der Waals surface area contributed by atoms with Crippen LogP contribution in [0.5, 0.6) is 5.75 Å². The van der Waals surface area contributed by atoms with E-state index in [1.54, 1.807) is 18.2 Å². The summed E-state index contributed by atoms with van der Waals surface area (Å²) in [5.41, 5.74) is 9.29. The summed E-state index contributed by atoms with van der Waals surface area (Å²) >= 11 is 3.46. The molecule has 0 bridgehead atoms. The van der Waals surface area contributed by atoms with Gasteiger partial charge in [0, 0.05) is 23.9 Å². The van der Waals surface area contributed by atoms with Gasteiger partial charge in [-0.1, -0.05) is 13.8 Å². The Morgan fingerprint density at radius 3 is 2.68 bits per heavy atom. The number of halogens is 1. The smallest absolute Gasteiger partial charge is 0.246 e. The van der Waals surface area contributed by atoms with Crippen LogP contribution in [0, 0.1) is 19.8 Å². The third-order valence-corrected chi connectivity index (χ3v) is 5.23. The summed E-state index contributed by atoms with van der Waals surface area (Å²) in [6.45, 7) is 9.25. The zero-order chi connectivity index (χ0) is 20.6. The van der Waals surface area contributed by atoms with E-state index in [9.17, 15) is 4.79 Å². The Kier molecular flexibility index (Phi) is 5.74. The molecule has 2 aromatic heterocycles. The van der Waals surface area contributed by atoms with E-state index in [0.29, 0.717) is 35.1 Å². The Labute approximate surface area is 173 Å². The molecule has 28 heavy (non-hydrogen) atoms. The van der Waals surface area contributed by atoms with Crippen molar-refractivity contribution in [3.8, 4) is 5.75 Å². The molecule has 0 saturated carbocycles. The van der Waals surface area contributed by atoms with Crippen LogP contribution in [0.2, 0.25) is 0 Å². The number of anilines is 3. The molecule has 150 valence electrons. The van der Waals surface area contributed by atoms with Crippen molar-refractivity contribution < 1.29 is 9.53 Å². The third kappa shape index (κ3) is 3.76. The highest BCUT2D eigenvalue weighted by Crippen LogP contribution is 2.39. The van der Waals surface area contributed by atoms with Crippen LogP contribution >= 0.6 is 15.9 Å². The van der Waals surface area contributed by atoms with Gasteiger partial charge < -0.3 is 20.3 Å². The molecule has 1 amide bonds. The highest BCUT2D eigenvalue weighted by molar-refractivity contribution is 9.10. The molecule has 0 spiro atoms. The molecule has 0 atom stereocenters. The van der Waals surface area contributed by atoms with Crippen LogP contribution < -0.4 is 20.3 Å². The van der Waals surface area contributed by atoms with Crippen molar-refractivity contribution in [2.24, 2.45) is 5.92 Å². The number of hydrogen-bond acceptors (Lipinski definition) is 7. The molecule has 3 heterocycles. The Hall–Kier alpha value is -2.42. The number of nitrogens with zero attached hydrogens (tertiary/aromatic N) is 5. The number of fused-ring (bicyclic) bond motifs is 1. The Bertz CT molecular complexity index is 918. The number of aromatic nitrogens is 3. The maximum Gasteiger partial charge on any atom is 0.246 e. The predicted molar refractivity (Wildman–Crippen MR) is 113 cm³/mol. The first kappa shape index (κ1) is 20.3. The molecule has 3 rings (SSSR count). The molecule has 8 nitrogen and oxygen atoms in total. The fraction of sp³-hybridized carbons (Fsp3) is 0.474. The fourth-order valence-electron chi connectivity index (χ4n) is 3.43. The van der Waals surface area contributed by atoms with Gasteiger partial charge in [-0.05, 0) is 35.7 Å². The van der Waals surface area contributed by atoms with Crippen molar-refractivity contribution in [3.05, 3.63) is 27.6 Å². The van der Waals surface area contributed by atoms with Gasteiger partial charge in [-0.2, -0.15) is 4.98 Å². The van der Waals surface area contributed by atoms with Crippen LogP contribution in [0.15, 0.2) is 10.8 Å². The molecule has 0 aromatic carbocycles. The van der Waals surface area contributed by atoms with Crippen LogP contribution in [0.3, 0.4) is 0 Å². The minimum atomic E-state index is -0.00741. The first-order chi connectivity index (χ1) is 13.2. The zero-order valence-corrected chi connectivity index (χ0v) is 18.4. The maximum absolute atomic E-state index is 12.9. The van der Waals surface area contributed by atoms with E-state index in [-0.39, 0.29) is 18.4 Å². The van der Waals surface area contributed by atoms with Gasteiger partial charge in [-0.15, -0.1) is 0 Å². The maximum atomic E-state index is 12.9. The number of rotatable bonds is 5. The number of carbonyl (C=O) groups is 1. The minimum absolute atomic E-state index is 0.00741. The number of amides is 1. The summed E-state index contributed by atoms with van der Waals surface area (Å²) in [6.07, 6.45) is 1.78. The van der Waals surface area contributed by atoms with E-state index in [0.717, 1.165) is 22.6 Å². The van der Waals surface area contributed by atoms with Crippen molar-refractivity contribution in [3.63, 3.8) is 0 Å². The monoisotopic (exact) mass is 448 g/mol. The second-order valence-corrected chi connectivity index (χ2v) is 8.10. The van der Waals surface area contributed by atoms with Gasteiger partial charge >= 0.3 is 0 Å². The van der Waals surface area contributed by atoms with Gasteiger partial charge in [0.15, 0.2) is 5.82 Å². The highest BCUT2D eigenvalue weighted by Gasteiger charge is 2.34. The zero-order valence-electron chi connectivity index (χ0n) is 16.8. The molecule has 0 fully saturated rings. The highest BCUT2D eigenvalue weighted by atomic mass is 79.9.